The second-order valence-electron chi connectivity index (χ2n) is 6.24. The van der Waals surface area contributed by atoms with E-state index in [9.17, 15) is 0 Å². The highest BCUT2D eigenvalue weighted by molar-refractivity contribution is 5.56. The summed E-state index contributed by atoms with van der Waals surface area (Å²) in [6, 6.07) is 22.2. The molecule has 0 saturated carbocycles. The Morgan fingerprint density at radius 3 is 2.57 bits per heavy atom. The summed E-state index contributed by atoms with van der Waals surface area (Å²) in [5.74, 6) is 1.67. The summed E-state index contributed by atoms with van der Waals surface area (Å²) < 4.78 is 7.46. The van der Waals surface area contributed by atoms with Gasteiger partial charge in [0.2, 0.25) is 5.69 Å². The zero-order chi connectivity index (χ0) is 20.8. The number of nitrogens with zero attached hydrogens (tertiary/aromatic N) is 6. The van der Waals surface area contributed by atoms with Crippen molar-refractivity contribution in [3.05, 3.63) is 95.7 Å². The minimum Gasteiger partial charge on any atom is -0.457 e. The normalized spacial score (nSPS) is 10.1. The van der Waals surface area contributed by atoms with Gasteiger partial charge in [0.1, 0.15) is 23.3 Å². The summed E-state index contributed by atoms with van der Waals surface area (Å²) in [5.41, 5.74) is 2.37. The maximum atomic E-state index is 9.02. The van der Waals surface area contributed by atoms with E-state index in [1.807, 2.05) is 66.9 Å². The molecule has 30 heavy (non-hydrogen) atoms. The highest BCUT2D eigenvalue weighted by atomic mass is 16.5. The maximum absolute atomic E-state index is 9.02. The number of nitriles is 1. The van der Waals surface area contributed by atoms with Gasteiger partial charge in [0, 0.05) is 11.8 Å². The van der Waals surface area contributed by atoms with Gasteiger partial charge < -0.3 is 14.9 Å². The molecule has 2 aromatic carbocycles. The average molecular weight is 393 g/mol. The van der Waals surface area contributed by atoms with E-state index >= 15 is 0 Å². The number of nitrogens with one attached hydrogen (secondary N) is 1. The van der Waals surface area contributed by atoms with Gasteiger partial charge >= 0.3 is 0 Å². The van der Waals surface area contributed by atoms with Crippen LogP contribution in [0.5, 0.6) is 11.5 Å². The van der Waals surface area contributed by atoms with E-state index in [-0.39, 0.29) is 11.5 Å². The highest BCUT2D eigenvalue weighted by Gasteiger charge is 2.07. The Labute approximate surface area is 172 Å². The molecular formula is C22H15N7O. The number of anilines is 1. The number of para-hydroxylation sites is 1. The molecule has 0 aliphatic carbocycles. The molecule has 2 heterocycles. The lowest BCUT2D eigenvalue weighted by Gasteiger charge is -2.06. The third kappa shape index (κ3) is 4.41. The van der Waals surface area contributed by atoms with Crippen LogP contribution in [0.2, 0.25) is 0 Å². The Balaban J connectivity index is 1.42. The van der Waals surface area contributed by atoms with Crippen LogP contribution in [0.1, 0.15) is 11.4 Å². The summed E-state index contributed by atoms with van der Waals surface area (Å²) in [5, 5.41) is 20.5. The SMILES string of the molecule is [C-]#[N+]c1cc(NCc2cn(-c3ccc(Oc4ccccc4)cc3)nn2)cc(C#N)n1. The molecule has 0 fully saturated rings. The number of rotatable bonds is 6. The number of pyridine rings is 1. The van der Waals surface area contributed by atoms with Crippen molar-refractivity contribution in [1.82, 2.24) is 20.0 Å². The molecule has 8 heteroatoms. The van der Waals surface area contributed by atoms with Crippen LogP contribution in [-0.4, -0.2) is 20.0 Å². The minimum atomic E-state index is 0.165. The molecule has 144 valence electrons. The van der Waals surface area contributed by atoms with E-state index in [2.05, 4.69) is 25.5 Å². The first-order valence-corrected chi connectivity index (χ1v) is 9.01. The molecule has 0 spiro atoms. The van der Waals surface area contributed by atoms with Gasteiger partial charge in [-0.25, -0.2) is 4.68 Å². The van der Waals surface area contributed by atoms with Crippen molar-refractivity contribution in [2.75, 3.05) is 5.32 Å². The molecule has 8 nitrogen and oxygen atoms in total. The van der Waals surface area contributed by atoms with Crippen LogP contribution in [0.4, 0.5) is 11.5 Å². The molecule has 0 saturated heterocycles. The Hall–Kier alpha value is -4.69. The predicted molar refractivity (Wildman–Crippen MR) is 110 cm³/mol. The lowest BCUT2D eigenvalue weighted by molar-refractivity contribution is 0.482. The fourth-order valence-electron chi connectivity index (χ4n) is 2.72. The van der Waals surface area contributed by atoms with Crippen LogP contribution in [0.25, 0.3) is 10.5 Å². The van der Waals surface area contributed by atoms with Crippen molar-refractivity contribution < 1.29 is 4.74 Å². The fourth-order valence-corrected chi connectivity index (χ4v) is 2.72. The van der Waals surface area contributed by atoms with Gasteiger partial charge in [-0.15, -0.1) is 10.1 Å². The van der Waals surface area contributed by atoms with E-state index < -0.39 is 0 Å². The Kier molecular flexibility index (Phi) is 5.32. The predicted octanol–water partition coefficient (Wildman–Crippen LogP) is 4.49. The number of aromatic nitrogens is 4. The Morgan fingerprint density at radius 1 is 1.07 bits per heavy atom. The van der Waals surface area contributed by atoms with Crippen LogP contribution in [-0.2, 0) is 6.54 Å². The molecule has 4 rings (SSSR count). The smallest absolute Gasteiger partial charge is 0.273 e. The monoisotopic (exact) mass is 393 g/mol. The van der Waals surface area contributed by atoms with Crippen molar-refractivity contribution in [1.29, 1.82) is 5.26 Å². The minimum absolute atomic E-state index is 0.165. The van der Waals surface area contributed by atoms with Crippen LogP contribution in [0.3, 0.4) is 0 Å². The standard InChI is InChI=1S/C22H15N7O/c1-24-22-12-16(11-17(13-23)26-22)25-14-18-15-29(28-27-18)19-7-9-21(10-8-19)30-20-5-3-2-4-6-20/h2-12,15H,14H2,(H,25,26). The number of hydrogen-bond acceptors (Lipinski definition) is 6. The maximum Gasteiger partial charge on any atom is 0.273 e. The first kappa shape index (κ1) is 18.7. The van der Waals surface area contributed by atoms with Crippen molar-refractivity contribution in [3.63, 3.8) is 0 Å². The van der Waals surface area contributed by atoms with Crippen LogP contribution < -0.4 is 10.1 Å². The van der Waals surface area contributed by atoms with Gasteiger partial charge in [0.05, 0.1) is 18.4 Å². The third-order valence-electron chi connectivity index (χ3n) is 4.14. The van der Waals surface area contributed by atoms with Crippen LogP contribution in [0.15, 0.2) is 72.9 Å². The molecular weight excluding hydrogens is 378 g/mol. The molecule has 0 bridgehead atoms. The molecule has 2 aromatic heterocycles. The number of hydrogen-bond donors (Lipinski definition) is 1. The topological polar surface area (TPSA) is 93.0 Å². The van der Waals surface area contributed by atoms with Gasteiger partial charge in [-0.2, -0.15) is 5.26 Å². The van der Waals surface area contributed by atoms with E-state index in [1.54, 1.807) is 16.8 Å². The molecule has 0 atom stereocenters. The zero-order valence-electron chi connectivity index (χ0n) is 15.7. The quantitative estimate of drug-likeness (QED) is 0.485. The van der Waals surface area contributed by atoms with Gasteiger partial charge in [-0.05, 0) is 42.5 Å². The molecule has 0 aliphatic rings. The lowest BCUT2D eigenvalue weighted by atomic mass is 10.3. The summed E-state index contributed by atoms with van der Waals surface area (Å²) in [6.45, 7) is 7.47. The van der Waals surface area contributed by atoms with Gasteiger partial charge in [-0.3, -0.25) is 0 Å². The Bertz CT molecular complexity index is 1200. The summed E-state index contributed by atoms with van der Waals surface area (Å²) in [4.78, 5) is 7.18. The second-order valence-corrected chi connectivity index (χ2v) is 6.24. The molecule has 4 aromatic rings. The highest BCUT2D eigenvalue weighted by Crippen LogP contribution is 2.22. The fraction of sp³-hybridized carbons (Fsp3) is 0.0455. The van der Waals surface area contributed by atoms with E-state index in [0.29, 0.717) is 17.9 Å². The second kappa shape index (κ2) is 8.55. The largest absolute Gasteiger partial charge is 0.457 e. The molecule has 1 N–H and O–H groups in total. The molecule has 0 amide bonds. The van der Waals surface area contributed by atoms with Crippen molar-refractivity contribution in [3.8, 4) is 23.3 Å². The lowest BCUT2D eigenvalue weighted by Crippen LogP contribution is -2.00. The summed E-state index contributed by atoms with van der Waals surface area (Å²) in [6.07, 6.45) is 1.81. The first-order valence-electron chi connectivity index (χ1n) is 9.01. The Morgan fingerprint density at radius 2 is 1.83 bits per heavy atom. The van der Waals surface area contributed by atoms with Gasteiger partial charge in [0.25, 0.3) is 5.82 Å². The first-order chi connectivity index (χ1) is 14.7. The number of ether oxygens (including phenoxy) is 1. The zero-order valence-corrected chi connectivity index (χ0v) is 15.7. The molecule has 0 aliphatic heterocycles. The molecule has 0 unspecified atom stereocenters. The van der Waals surface area contributed by atoms with E-state index in [1.165, 1.54) is 0 Å². The van der Waals surface area contributed by atoms with Crippen molar-refractivity contribution in [2.24, 2.45) is 0 Å². The third-order valence-corrected chi connectivity index (χ3v) is 4.14. The van der Waals surface area contributed by atoms with Crippen molar-refractivity contribution in [2.45, 2.75) is 6.54 Å². The summed E-state index contributed by atoms with van der Waals surface area (Å²) >= 11 is 0. The van der Waals surface area contributed by atoms with Crippen LogP contribution in [0, 0.1) is 17.9 Å². The van der Waals surface area contributed by atoms with E-state index in [4.69, 9.17) is 16.6 Å². The van der Waals surface area contributed by atoms with E-state index in [0.717, 1.165) is 17.2 Å². The average Bonchev–Trinajstić information content (AvgIpc) is 3.27. The van der Waals surface area contributed by atoms with Gasteiger partial charge in [-0.1, -0.05) is 30.0 Å². The van der Waals surface area contributed by atoms with Crippen molar-refractivity contribution >= 4 is 11.5 Å². The van der Waals surface area contributed by atoms with Crippen LogP contribution >= 0.6 is 0 Å². The molecule has 0 radical (unpaired) electrons. The summed E-state index contributed by atoms with van der Waals surface area (Å²) in [7, 11) is 0. The van der Waals surface area contributed by atoms with Gasteiger partial charge in [0.15, 0.2) is 0 Å². The number of benzene rings is 2.